The van der Waals surface area contributed by atoms with Crippen molar-refractivity contribution in [3.63, 3.8) is 0 Å². The van der Waals surface area contributed by atoms with E-state index in [2.05, 4.69) is 53.8 Å². The second-order valence-corrected chi connectivity index (χ2v) is 7.97. The minimum Gasteiger partial charge on any atom is -0.376 e. The predicted molar refractivity (Wildman–Crippen MR) is 109 cm³/mol. The topological polar surface area (TPSA) is 21.3 Å². The maximum Gasteiger partial charge on any atom is 0.0700 e. The number of hydrogen-bond donors (Lipinski definition) is 1. The zero-order valence-corrected chi connectivity index (χ0v) is 15.3. The minimum atomic E-state index is 0.424. The summed E-state index contributed by atoms with van der Waals surface area (Å²) in [5, 5.41) is 9.07. The summed E-state index contributed by atoms with van der Waals surface area (Å²) in [6, 6.07) is 18.1. The molecule has 1 aliphatic carbocycles. The van der Waals surface area contributed by atoms with Crippen molar-refractivity contribution in [2.45, 2.75) is 38.2 Å². The van der Waals surface area contributed by atoms with Crippen LogP contribution in [0.1, 0.15) is 30.4 Å². The molecule has 3 aromatic rings. The molecule has 0 bridgehead atoms. The van der Waals surface area contributed by atoms with E-state index in [9.17, 15) is 0 Å². The highest BCUT2D eigenvalue weighted by Gasteiger charge is 2.22. The van der Waals surface area contributed by atoms with Gasteiger partial charge < -0.3 is 10.1 Å². The summed E-state index contributed by atoms with van der Waals surface area (Å²) in [6.45, 7) is 2.91. The third-order valence-corrected chi connectivity index (χ3v) is 6.35. The molecule has 1 fully saturated rings. The quantitative estimate of drug-likeness (QED) is 0.684. The third-order valence-electron chi connectivity index (χ3n) is 6.35. The molecule has 1 saturated heterocycles. The lowest BCUT2D eigenvalue weighted by Crippen LogP contribution is -2.38. The molecule has 0 amide bonds. The zero-order chi connectivity index (χ0) is 17.3. The number of morpholine rings is 1. The van der Waals surface area contributed by atoms with Gasteiger partial charge in [-0.3, -0.25) is 0 Å². The van der Waals surface area contributed by atoms with Gasteiger partial charge in [-0.05, 0) is 70.7 Å². The van der Waals surface area contributed by atoms with Crippen LogP contribution in [0.3, 0.4) is 0 Å². The first-order valence-corrected chi connectivity index (χ1v) is 10.1. The lowest BCUT2D eigenvalue weighted by Gasteiger charge is -2.29. The first-order chi connectivity index (χ1) is 12.9. The first kappa shape index (κ1) is 16.3. The lowest BCUT2D eigenvalue weighted by atomic mass is 9.79. The smallest absolute Gasteiger partial charge is 0.0700 e. The fourth-order valence-electron chi connectivity index (χ4n) is 4.92. The van der Waals surface area contributed by atoms with E-state index in [1.165, 1.54) is 53.6 Å². The number of nitrogens with one attached hydrogen (secondary N) is 1. The van der Waals surface area contributed by atoms with Crippen LogP contribution in [0.5, 0.6) is 0 Å². The number of ether oxygens (including phenoxy) is 1. The molecule has 5 rings (SSSR count). The van der Waals surface area contributed by atoms with Gasteiger partial charge in [0, 0.05) is 13.1 Å². The number of hydrogen-bond acceptors (Lipinski definition) is 2. The molecule has 0 saturated carbocycles. The van der Waals surface area contributed by atoms with Crippen molar-refractivity contribution in [2.24, 2.45) is 5.92 Å². The van der Waals surface area contributed by atoms with E-state index >= 15 is 0 Å². The Labute approximate surface area is 155 Å². The van der Waals surface area contributed by atoms with Gasteiger partial charge in [0.15, 0.2) is 0 Å². The van der Waals surface area contributed by atoms with Crippen LogP contribution in [0.2, 0.25) is 0 Å². The fourth-order valence-corrected chi connectivity index (χ4v) is 4.92. The largest absolute Gasteiger partial charge is 0.376 e. The van der Waals surface area contributed by atoms with E-state index in [0.717, 1.165) is 25.6 Å². The predicted octanol–water partition coefficient (Wildman–Crippen LogP) is 4.87. The van der Waals surface area contributed by atoms with Gasteiger partial charge in [-0.25, -0.2) is 0 Å². The normalized spacial score (nSPS) is 23.2. The molecule has 2 aliphatic rings. The highest BCUT2D eigenvalue weighted by molar-refractivity contribution is 6.08. The number of rotatable bonds is 3. The Morgan fingerprint density at radius 1 is 0.923 bits per heavy atom. The Balaban J connectivity index is 1.38. The molecule has 2 unspecified atom stereocenters. The number of aryl methyl sites for hydroxylation is 1. The summed E-state index contributed by atoms with van der Waals surface area (Å²) in [7, 11) is 0. The fraction of sp³-hybridized carbons (Fsp3) is 0.417. The maximum absolute atomic E-state index is 5.87. The van der Waals surface area contributed by atoms with E-state index in [4.69, 9.17) is 4.74 Å². The van der Waals surface area contributed by atoms with Crippen molar-refractivity contribution >= 4 is 21.5 Å². The Morgan fingerprint density at radius 2 is 1.85 bits per heavy atom. The summed E-state index contributed by atoms with van der Waals surface area (Å²) in [5.41, 5.74) is 3.17. The van der Waals surface area contributed by atoms with Crippen LogP contribution in [0.15, 0.2) is 48.5 Å². The van der Waals surface area contributed by atoms with Gasteiger partial charge in [0.25, 0.3) is 0 Å². The Kier molecular flexibility index (Phi) is 4.40. The van der Waals surface area contributed by atoms with Gasteiger partial charge in [0.2, 0.25) is 0 Å². The van der Waals surface area contributed by atoms with Crippen LogP contribution < -0.4 is 5.32 Å². The van der Waals surface area contributed by atoms with Crippen LogP contribution in [0.4, 0.5) is 0 Å². The average Bonchev–Trinajstić information content (AvgIpc) is 2.72. The van der Waals surface area contributed by atoms with Crippen molar-refractivity contribution in [1.29, 1.82) is 0 Å². The van der Waals surface area contributed by atoms with Crippen LogP contribution >= 0.6 is 0 Å². The summed E-state index contributed by atoms with van der Waals surface area (Å²) in [5.74, 6) is 0.811. The standard InChI is InChI=1S/C24H27NO/c1-2-4-21-18(3-1)7-11-24-22-10-6-17(15-19(22)8-12-23(21)24)5-9-20-16-25-13-14-26-20/h1-4,7-8,11-12,17,20,25H,5-6,9-10,13-16H2. The van der Waals surface area contributed by atoms with Gasteiger partial charge in [-0.1, -0.05) is 48.5 Å². The van der Waals surface area contributed by atoms with Crippen molar-refractivity contribution in [1.82, 2.24) is 5.32 Å². The molecule has 2 atom stereocenters. The average molecular weight is 345 g/mol. The highest BCUT2D eigenvalue weighted by atomic mass is 16.5. The van der Waals surface area contributed by atoms with Crippen molar-refractivity contribution in [3.8, 4) is 0 Å². The molecule has 134 valence electrons. The Bertz CT molecular complexity index is 926. The monoisotopic (exact) mass is 345 g/mol. The van der Waals surface area contributed by atoms with Crippen molar-refractivity contribution < 1.29 is 4.74 Å². The van der Waals surface area contributed by atoms with E-state index in [1.54, 1.807) is 11.1 Å². The third kappa shape index (κ3) is 3.02. The molecular weight excluding hydrogens is 318 g/mol. The van der Waals surface area contributed by atoms with E-state index in [-0.39, 0.29) is 0 Å². The molecule has 1 N–H and O–H groups in total. The summed E-state index contributed by atoms with van der Waals surface area (Å²) in [6.07, 6.45) is 6.69. The van der Waals surface area contributed by atoms with E-state index < -0.39 is 0 Å². The summed E-state index contributed by atoms with van der Waals surface area (Å²) >= 11 is 0. The molecule has 2 heteroatoms. The number of fused-ring (bicyclic) bond motifs is 5. The van der Waals surface area contributed by atoms with Gasteiger partial charge in [0.1, 0.15) is 0 Å². The molecule has 0 aromatic heterocycles. The Hall–Kier alpha value is -1.90. The van der Waals surface area contributed by atoms with Crippen LogP contribution in [-0.2, 0) is 17.6 Å². The lowest BCUT2D eigenvalue weighted by molar-refractivity contribution is 0.0194. The summed E-state index contributed by atoms with van der Waals surface area (Å²) < 4.78 is 5.87. The molecular formula is C24H27NO. The maximum atomic E-state index is 5.87. The Morgan fingerprint density at radius 3 is 2.77 bits per heavy atom. The minimum absolute atomic E-state index is 0.424. The summed E-state index contributed by atoms with van der Waals surface area (Å²) in [4.78, 5) is 0. The SMILES string of the molecule is c1ccc2c(c1)ccc1c3c(ccc12)CC(CCC1CNCCO1)CC3. The molecule has 1 heterocycles. The van der Waals surface area contributed by atoms with Gasteiger partial charge in [-0.15, -0.1) is 0 Å². The van der Waals surface area contributed by atoms with Gasteiger partial charge >= 0.3 is 0 Å². The van der Waals surface area contributed by atoms with Crippen molar-refractivity contribution in [3.05, 3.63) is 59.7 Å². The molecule has 2 nitrogen and oxygen atoms in total. The number of benzene rings is 3. The second-order valence-electron chi connectivity index (χ2n) is 7.97. The zero-order valence-electron chi connectivity index (χ0n) is 15.3. The second kappa shape index (κ2) is 7.02. The van der Waals surface area contributed by atoms with Crippen LogP contribution in [0.25, 0.3) is 21.5 Å². The highest BCUT2D eigenvalue weighted by Crippen LogP contribution is 2.36. The first-order valence-electron chi connectivity index (χ1n) is 10.1. The van der Waals surface area contributed by atoms with Crippen LogP contribution in [-0.4, -0.2) is 25.8 Å². The van der Waals surface area contributed by atoms with E-state index in [1.807, 2.05) is 0 Å². The van der Waals surface area contributed by atoms with Gasteiger partial charge in [-0.2, -0.15) is 0 Å². The van der Waals surface area contributed by atoms with Gasteiger partial charge in [0.05, 0.1) is 12.7 Å². The van der Waals surface area contributed by atoms with Crippen LogP contribution in [0, 0.1) is 5.92 Å². The molecule has 1 aliphatic heterocycles. The molecule has 26 heavy (non-hydrogen) atoms. The molecule has 0 radical (unpaired) electrons. The van der Waals surface area contributed by atoms with E-state index in [0.29, 0.717) is 6.10 Å². The van der Waals surface area contributed by atoms with Crippen molar-refractivity contribution in [2.75, 3.05) is 19.7 Å². The molecule has 3 aromatic carbocycles. The molecule has 0 spiro atoms.